The highest BCUT2D eigenvalue weighted by atomic mass is 16.5. The molecule has 3 aromatic rings. The zero-order valence-corrected chi connectivity index (χ0v) is 19.1. The van der Waals surface area contributed by atoms with Crippen molar-refractivity contribution in [2.45, 2.75) is 12.1 Å². The summed E-state index contributed by atoms with van der Waals surface area (Å²) < 4.78 is 16.2. The van der Waals surface area contributed by atoms with Crippen LogP contribution in [0.2, 0.25) is 0 Å². The number of benzene rings is 2. The number of imide groups is 1. The van der Waals surface area contributed by atoms with Gasteiger partial charge in [-0.2, -0.15) is 0 Å². The molecular formula is C27H22N2O6. The number of hydrogen-bond acceptors (Lipinski definition) is 7. The third kappa shape index (κ3) is 2.96. The number of hydrogen-bond donors (Lipinski definition) is 0. The highest BCUT2D eigenvalue weighted by Gasteiger charge is 2.65. The Morgan fingerprint density at radius 1 is 0.943 bits per heavy atom. The molecule has 2 fully saturated rings. The van der Waals surface area contributed by atoms with Gasteiger partial charge in [-0.1, -0.05) is 24.3 Å². The average Bonchev–Trinajstić information content (AvgIpc) is 3.60. The van der Waals surface area contributed by atoms with Gasteiger partial charge in [0.15, 0.2) is 5.76 Å². The monoisotopic (exact) mass is 470 g/mol. The molecule has 0 radical (unpaired) electrons. The van der Waals surface area contributed by atoms with Crippen molar-refractivity contribution in [3.8, 4) is 11.5 Å². The van der Waals surface area contributed by atoms with Crippen molar-refractivity contribution in [2.75, 3.05) is 19.1 Å². The molecule has 4 unspecified atom stereocenters. The van der Waals surface area contributed by atoms with E-state index in [1.807, 2.05) is 41.4 Å². The molecular weight excluding hydrogens is 448 g/mol. The van der Waals surface area contributed by atoms with Crippen molar-refractivity contribution in [3.05, 3.63) is 83.9 Å². The second-order valence-electron chi connectivity index (χ2n) is 8.72. The molecule has 35 heavy (non-hydrogen) atoms. The fraction of sp³-hybridized carbons (Fsp3) is 0.222. The summed E-state index contributed by atoms with van der Waals surface area (Å²) >= 11 is 0. The summed E-state index contributed by atoms with van der Waals surface area (Å²) in [7, 11) is 2.99. The Hall–Kier alpha value is -4.33. The first-order valence-electron chi connectivity index (χ1n) is 11.3. The minimum Gasteiger partial charge on any atom is -0.497 e. The van der Waals surface area contributed by atoms with Crippen LogP contribution in [0.15, 0.2) is 71.5 Å². The van der Waals surface area contributed by atoms with Gasteiger partial charge in [-0.3, -0.25) is 14.4 Å². The molecule has 3 aliphatic heterocycles. The molecule has 4 heterocycles. The van der Waals surface area contributed by atoms with Gasteiger partial charge in [0.25, 0.3) is 0 Å². The van der Waals surface area contributed by atoms with E-state index in [1.165, 1.54) is 20.5 Å². The number of nitrogens with zero attached hydrogens (tertiary/aromatic N) is 2. The van der Waals surface area contributed by atoms with Gasteiger partial charge < -0.3 is 18.8 Å². The minimum atomic E-state index is -0.892. The number of ether oxygens (including phenoxy) is 2. The van der Waals surface area contributed by atoms with Crippen LogP contribution in [0.1, 0.15) is 27.7 Å². The number of amides is 2. The molecule has 0 saturated carbocycles. The third-order valence-electron chi connectivity index (χ3n) is 7.12. The highest BCUT2D eigenvalue weighted by Crippen LogP contribution is 2.54. The maximum Gasteiger partial charge on any atom is 0.240 e. The molecule has 176 valence electrons. The maximum atomic E-state index is 14.0. The SMILES string of the molecule is COc1ccc(OC)c(N2C(=O)C3C(C2=O)C2c4ccccc4C=CN2C3C(=O)c2ccco2)c1. The lowest BCUT2D eigenvalue weighted by atomic mass is 9.84. The molecule has 2 aromatic carbocycles. The van der Waals surface area contributed by atoms with E-state index in [2.05, 4.69) is 0 Å². The fourth-order valence-corrected chi connectivity index (χ4v) is 5.63. The lowest BCUT2D eigenvalue weighted by molar-refractivity contribution is -0.123. The first-order valence-corrected chi connectivity index (χ1v) is 11.3. The molecule has 0 N–H and O–H groups in total. The van der Waals surface area contributed by atoms with Gasteiger partial charge in [0.1, 0.15) is 17.5 Å². The molecule has 8 heteroatoms. The first kappa shape index (κ1) is 21.2. The van der Waals surface area contributed by atoms with Gasteiger partial charge in [-0.15, -0.1) is 0 Å². The Morgan fingerprint density at radius 2 is 1.74 bits per heavy atom. The average molecular weight is 470 g/mol. The van der Waals surface area contributed by atoms with Crippen LogP contribution in [0.25, 0.3) is 6.08 Å². The zero-order valence-electron chi connectivity index (χ0n) is 19.1. The summed E-state index contributed by atoms with van der Waals surface area (Å²) in [5, 5.41) is 0. The van der Waals surface area contributed by atoms with Crippen LogP contribution >= 0.6 is 0 Å². The van der Waals surface area contributed by atoms with Crippen molar-refractivity contribution in [1.82, 2.24) is 4.90 Å². The summed E-state index contributed by atoms with van der Waals surface area (Å²) in [5.41, 5.74) is 2.16. The Balaban J connectivity index is 1.51. The number of fused-ring (bicyclic) bond motifs is 5. The predicted octanol–water partition coefficient (Wildman–Crippen LogP) is 3.70. The zero-order chi connectivity index (χ0) is 24.3. The van der Waals surface area contributed by atoms with Crippen LogP contribution in [0.3, 0.4) is 0 Å². The van der Waals surface area contributed by atoms with Crippen LogP contribution in [0.5, 0.6) is 11.5 Å². The quantitative estimate of drug-likeness (QED) is 0.415. The van der Waals surface area contributed by atoms with Gasteiger partial charge >= 0.3 is 0 Å². The van der Waals surface area contributed by atoms with E-state index < -0.39 is 29.8 Å². The standard InChI is InChI=1S/C27H22N2O6/c1-33-16-9-10-19(34-2)18(14-16)29-26(31)21-22(27(29)32)24(25(30)20-8-5-13-35-20)28-12-11-15-6-3-4-7-17(15)23(21)28/h3-14,21-24H,1-2H3. The number of methoxy groups -OCH3 is 2. The van der Waals surface area contributed by atoms with Crippen LogP contribution in [0, 0.1) is 11.8 Å². The van der Waals surface area contributed by atoms with E-state index in [9.17, 15) is 14.4 Å². The molecule has 0 spiro atoms. The molecule has 1 aromatic heterocycles. The summed E-state index contributed by atoms with van der Waals surface area (Å²) in [4.78, 5) is 44.6. The second kappa shape index (κ2) is 7.87. The summed E-state index contributed by atoms with van der Waals surface area (Å²) in [6.45, 7) is 0. The van der Waals surface area contributed by atoms with E-state index in [0.717, 1.165) is 16.0 Å². The number of carbonyl (C=O) groups is 3. The number of rotatable bonds is 5. The molecule has 2 amide bonds. The van der Waals surface area contributed by atoms with E-state index in [1.54, 1.807) is 30.3 Å². The van der Waals surface area contributed by atoms with E-state index in [-0.39, 0.29) is 17.5 Å². The van der Waals surface area contributed by atoms with Crippen molar-refractivity contribution in [2.24, 2.45) is 11.8 Å². The molecule has 0 bridgehead atoms. The van der Waals surface area contributed by atoms with Crippen LogP contribution in [0.4, 0.5) is 5.69 Å². The number of anilines is 1. The van der Waals surface area contributed by atoms with Crippen molar-refractivity contribution in [1.29, 1.82) is 0 Å². The maximum absolute atomic E-state index is 14.0. The first-order chi connectivity index (χ1) is 17.0. The lowest BCUT2D eigenvalue weighted by Gasteiger charge is -2.35. The van der Waals surface area contributed by atoms with Crippen LogP contribution < -0.4 is 14.4 Å². The Labute approximate surface area is 201 Å². The number of Topliss-reactive ketones (excluding diaryl/α,β-unsaturated/α-hetero) is 1. The normalized spacial score (nSPS) is 24.3. The molecule has 4 atom stereocenters. The molecule has 6 rings (SSSR count). The molecule has 3 aliphatic rings. The van der Waals surface area contributed by atoms with E-state index in [4.69, 9.17) is 13.9 Å². The van der Waals surface area contributed by atoms with Crippen LogP contribution in [-0.2, 0) is 9.59 Å². The van der Waals surface area contributed by atoms with Crippen molar-refractivity contribution < 1.29 is 28.3 Å². The number of ketones is 1. The largest absolute Gasteiger partial charge is 0.497 e. The van der Waals surface area contributed by atoms with Gasteiger partial charge in [-0.25, -0.2) is 4.90 Å². The van der Waals surface area contributed by atoms with Gasteiger partial charge in [0, 0.05) is 12.3 Å². The smallest absolute Gasteiger partial charge is 0.240 e. The molecule has 0 aliphatic carbocycles. The van der Waals surface area contributed by atoms with Gasteiger partial charge in [-0.05, 0) is 41.5 Å². The minimum absolute atomic E-state index is 0.152. The Bertz CT molecular complexity index is 1380. The topological polar surface area (TPSA) is 89.3 Å². The number of furan rings is 1. The fourth-order valence-electron chi connectivity index (χ4n) is 5.63. The molecule has 8 nitrogen and oxygen atoms in total. The third-order valence-corrected chi connectivity index (χ3v) is 7.12. The highest BCUT2D eigenvalue weighted by molar-refractivity contribution is 6.25. The van der Waals surface area contributed by atoms with Crippen molar-refractivity contribution >= 4 is 29.4 Å². The number of carbonyl (C=O) groups excluding carboxylic acids is 3. The van der Waals surface area contributed by atoms with E-state index >= 15 is 0 Å². The lowest BCUT2D eigenvalue weighted by Crippen LogP contribution is -2.44. The van der Waals surface area contributed by atoms with Gasteiger partial charge in [0.05, 0.1) is 44.0 Å². The van der Waals surface area contributed by atoms with Crippen LogP contribution in [-0.4, -0.2) is 42.8 Å². The Kier molecular flexibility index (Phi) is 4.77. The summed E-state index contributed by atoms with van der Waals surface area (Å²) in [5.74, 6) is -1.81. The molecule has 2 saturated heterocycles. The summed E-state index contributed by atoms with van der Waals surface area (Å²) in [6.07, 6.45) is 5.15. The van der Waals surface area contributed by atoms with E-state index in [0.29, 0.717) is 17.2 Å². The van der Waals surface area contributed by atoms with Gasteiger partial charge in [0.2, 0.25) is 17.6 Å². The predicted molar refractivity (Wildman–Crippen MR) is 126 cm³/mol. The Morgan fingerprint density at radius 3 is 2.49 bits per heavy atom. The summed E-state index contributed by atoms with van der Waals surface area (Å²) in [6, 6.07) is 14.5. The second-order valence-corrected chi connectivity index (χ2v) is 8.72. The van der Waals surface area contributed by atoms with Crippen molar-refractivity contribution in [3.63, 3.8) is 0 Å².